The fourth-order valence-electron chi connectivity index (χ4n) is 3.15. The Balaban J connectivity index is 0.00000208. The fraction of sp³-hybridized carbons (Fsp3) is 0.588. The van der Waals surface area contributed by atoms with E-state index in [9.17, 15) is 4.79 Å². The SMILES string of the molecule is Cl.O=C(COC1CCNCC1)N1CCN(c2ccccc2Cl)CC1. The zero-order valence-corrected chi connectivity index (χ0v) is 15.3. The quantitative estimate of drug-likeness (QED) is 0.878. The zero-order valence-electron chi connectivity index (χ0n) is 13.7. The van der Waals surface area contributed by atoms with Gasteiger partial charge in [0.2, 0.25) is 5.91 Å². The highest BCUT2D eigenvalue weighted by molar-refractivity contribution is 6.33. The third kappa shape index (κ3) is 4.99. The Morgan fingerprint density at radius 2 is 1.83 bits per heavy atom. The molecule has 2 fully saturated rings. The molecule has 5 nitrogen and oxygen atoms in total. The van der Waals surface area contributed by atoms with Gasteiger partial charge in [-0.05, 0) is 38.1 Å². The van der Waals surface area contributed by atoms with Gasteiger partial charge in [-0.15, -0.1) is 12.4 Å². The second kappa shape index (κ2) is 9.47. The van der Waals surface area contributed by atoms with Crippen LogP contribution in [0.1, 0.15) is 12.8 Å². The number of piperidine rings is 1. The van der Waals surface area contributed by atoms with E-state index in [1.807, 2.05) is 29.2 Å². The highest BCUT2D eigenvalue weighted by atomic mass is 35.5. The number of carbonyl (C=O) groups is 1. The molecule has 1 aromatic carbocycles. The number of rotatable bonds is 4. The predicted octanol–water partition coefficient (Wildman–Crippen LogP) is 2.18. The van der Waals surface area contributed by atoms with E-state index in [1.54, 1.807) is 0 Å². The van der Waals surface area contributed by atoms with Crippen molar-refractivity contribution in [3.63, 3.8) is 0 Å². The van der Waals surface area contributed by atoms with E-state index in [-0.39, 0.29) is 31.0 Å². The van der Waals surface area contributed by atoms with Crippen LogP contribution in [0.3, 0.4) is 0 Å². The molecule has 2 saturated heterocycles. The lowest BCUT2D eigenvalue weighted by atomic mass is 10.1. The summed E-state index contributed by atoms with van der Waals surface area (Å²) in [6, 6.07) is 7.86. The van der Waals surface area contributed by atoms with Crippen LogP contribution in [-0.4, -0.2) is 62.8 Å². The van der Waals surface area contributed by atoms with Crippen LogP contribution < -0.4 is 10.2 Å². The molecule has 1 N–H and O–H groups in total. The normalized spacial score (nSPS) is 19.0. The lowest BCUT2D eigenvalue weighted by Gasteiger charge is -2.36. The van der Waals surface area contributed by atoms with Crippen molar-refractivity contribution in [3.8, 4) is 0 Å². The van der Waals surface area contributed by atoms with Crippen LogP contribution in [0.2, 0.25) is 5.02 Å². The summed E-state index contributed by atoms with van der Waals surface area (Å²) in [7, 11) is 0. The maximum absolute atomic E-state index is 12.3. The number of piperazine rings is 1. The van der Waals surface area contributed by atoms with Gasteiger partial charge >= 0.3 is 0 Å². The van der Waals surface area contributed by atoms with E-state index in [4.69, 9.17) is 16.3 Å². The van der Waals surface area contributed by atoms with Crippen LogP contribution in [0.5, 0.6) is 0 Å². The molecule has 0 spiro atoms. The third-order valence-corrected chi connectivity index (χ3v) is 4.87. The number of nitrogens with zero attached hydrogens (tertiary/aromatic N) is 2. The molecule has 2 heterocycles. The third-order valence-electron chi connectivity index (χ3n) is 4.55. The largest absolute Gasteiger partial charge is 0.368 e. The van der Waals surface area contributed by atoms with Crippen LogP contribution in [-0.2, 0) is 9.53 Å². The summed E-state index contributed by atoms with van der Waals surface area (Å²) in [5, 5.41) is 4.06. The highest BCUT2D eigenvalue weighted by Gasteiger charge is 2.23. The number of hydrogen-bond donors (Lipinski definition) is 1. The predicted molar refractivity (Wildman–Crippen MR) is 99.3 cm³/mol. The van der Waals surface area contributed by atoms with Gasteiger partial charge in [0.1, 0.15) is 6.61 Å². The molecule has 1 amide bonds. The van der Waals surface area contributed by atoms with Gasteiger partial charge in [-0.25, -0.2) is 0 Å². The molecule has 3 rings (SSSR count). The van der Waals surface area contributed by atoms with Gasteiger partial charge in [-0.3, -0.25) is 4.79 Å². The van der Waals surface area contributed by atoms with Crippen molar-refractivity contribution in [1.82, 2.24) is 10.2 Å². The number of benzene rings is 1. The molecule has 2 aliphatic rings. The van der Waals surface area contributed by atoms with Crippen molar-refractivity contribution in [1.29, 1.82) is 0 Å². The average Bonchev–Trinajstić information content (AvgIpc) is 2.61. The standard InChI is InChI=1S/C17H24ClN3O2.ClH/c18-15-3-1-2-4-16(15)20-9-11-21(12-10-20)17(22)13-23-14-5-7-19-8-6-14;/h1-4,14,19H,5-13H2;1H. The van der Waals surface area contributed by atoms with Gasteiger partial charge in [-0.1, -0.05) is 23.7 Å². The number of ether oxygens (including phenoxy) is 1. The first-order chi connectivity index (χ1) is 11.2. The molecular weight excluding hydrogens is 349 g/mol. The molecule has 0 unspecified atom stereocenters. The maximum Gasteiger partial charge on any atom is 0.248 e. The smallest absolute Gasteiger partial charge is 0.248 e. The molecule has 24 heavy (non-hydrogen) atoms. The minimum atomic E-state index is 0. The molecule has 0 radical (unpaired) electrons. The summed E-state index contributed by atoms with van der Waals surface area (Å²) in [6.07, 6.45) is 2.21. The molecule has 1 aromatic rings. The van der Waals surface area contributed by atoms with Crippen molar-refractivity contribution in [2.75, 3.05) is 50.8 Å². The summed E-state index contributed by atoms with van der Waals surface area (Å²) in [5.41, 5.74) is 1.05. The van der Waals surface area contributed by atoms with Crippen molar-refractivity contribution >= 4 is 35.6 Å². The molecule has 0 saturated carbocycles. The van der Waals surface area contributed by atoms with Gasteiger partial charge in [0.05, 0.1) is 16.8 Å². The number of halogens is 2. The van der Waals surface area contributed by atoms with Gasteiger partial charge in [0.15, 0.2) is 0 Å². The van der Waals surface area contributed by atoms with Crippen molar-refractivity contribution in [2.24, 2.45) is 0 Å². The van der Waals surface area contributed by atoms with E-state index in [0.717, 1.165) is 62.8 Å². The van der Waals surface area contributed by atoms with Crippen molar-refractivity contribution in [2.45, 2.75) is 18.9 Å². The Morgan fingerprint density at radius 3 is 2.50 bits per heavy atom. The zero-order chi connectivity index (χ0) is 16.1. The monoisotopic (exact) mass is 373 g/mol. The van der Waals surface area contributed by atoms with Gasteiger partial charge in [-0.2, -0.15) is 0 Å². The Labute approximate surface area is 154 Å². The minimum Gasteiger partial charge on any atom is -0.368 e. The second-order valence-corrected chi connectivity index (χ2v) is 6.49. The van der Waals surface area contributed by atoms with Crippen LogP contribution in [0.25, 0.3) is 0 Å². The van der Waals surface area contributed by atoms with Crippen LogP contribution in [0.4, 0.5) is 5.69 Å². The molecular formula is C17H25Cl2N3O2. The lowest BCUT2D eigenvalue weighted by Crippen LogP contribution is -2.50. The van der Waals surface area contributed by atoms with E-state index >= 15 is 0 Å². The van der Waals surface area contributed by atoms with E-state index in [0.29, 0.717) is 0 Å². The summed E-state index contributed by atoms with van der Waals surface area (Å²) in [6.45, 7) is 5.23. The fourth-order valence-corrected chi connectivity index (χ4v) is 3.40. The van der Waals surface area contributed by atoms with Crippen LogP contribution in [0, 0.1) is 0 Å². The van der Waals surface area contributed by atoms with E-state index in [1.165, 1.54) is 0 Å². The first-order valence-corrected chi connectivity index (χ1v) is 8.71. The lowest BCUT2D eigenvalue weighted by molar-refractivity contribution is -0.139. The topological polar surface area (TPSA) is 44.8 Å². The summed E-state index contributed by atoms with van der Waals surface area (Å²) >= 11 is 6.24. The number of nitrogens with one attached hydrogen (secondary N) is 1. The summed E-state index contributed by atoms with van der Waals surface area (Å²) in [5.74, 6) is 0.0994. The number of carbonyl (C=O) groups excluding carboxylic acids is 1. The van der Waals surface area contributed by atoms with Gasteiger partial charge < -0.3 is 19.9 Å². The number of hydrogen-bond acceptors (Lipinski definition) is 4. The average molecular weight is 374 g/mol. The van der Waals surface area contributed by atoms with Crippen LogP contribution >= 0.6 is 24.0 Å². The van der Waals surface area contributed by atoms with Gasteiger partial charge in [0, 0.05) is 26.2 Å². The second-order valence-electron chi connectivity index (χ2n) is 6.08. The minimum absolute atomic E-state index is 0. The molecule has 2 aliphatic heterocycles. The Kier molecular flexibility index (Phi) is 7.62. The first-order valence-electron chi connectivity index (χ1n) is 8.33. The summed E-state index contributed by atoms with van der Waals surface area (Å²) < 4.78 is 5.76. The molecule has 0 aromatic heterocycles. The molecule has 0 aliphatic carbocycles. The van der Waals surface area contributed by atoms with Gasteiger partial charge in [0.25, 0.3) is 0 Å². The van der Waals surface area contributed by atoms with Crippen LogP contribution in [0.15, 0.2) is 24.3 Å². The van der Waals surface area contributed by atoms with Crippen molar-refractivity contribution in [3.05, 3.63) is 29.3 Å². The van der Waals surface area contributed by atoms with E-state index in [2.05, 4.69) is 10.2 Å². The number of para-hydroxylation sites is 1. The molecule has 0 bridgehead atoms. The van der Waals surface area contributed by atoms with E-state index < -0.39 is 0 Å². The van der Waals surface area contributed by atoms with Crippen molar-refractivity contribution < 1.29 is 9.53 Å². The summed E-state index contributed by atoms with van der Waals surface area (Å²) in [4.78, 5) is 16.4. The molecule has 7 heteroatoms. The number of anilines is 1. The Morgan fingerprint density at radius 1 is 1.17 bits per heavy atom. The Hall–Kier alpha value is -1.01. The molecule has 134 valence electrons. The Bertz CT molecular complexity index is 530. The highest BCUT2D eigenvalue weighted by Crippen LogP contribution is 2.26. The first kappa shape index (κ1) is 19.3. The number of amides is 1. The molecule has 0 atom stereocenters. The maximum atomic E-state index is 12.3.